The second-order valence-corrected chi connectivity index (χ2v) is 2.73. The van der Waals surface area contributed by atoms with E-state index in [1.54, 1.807) is 0 Å². The van der Waals surface area contributed by atoms with Crippen molar-refractivity contribution >= 4 is 17.9 Å². The zero-order valence-electron chi connectivity index (χ0n) is 8.14. The van der Waals surface area contributed by atoms with Crippen LogP contribution in [0.1, 0.15) is 5.56 Å². The fourth-order valence-electron chi connectivity index (χ4n) is 0.909. The summed E-state index contributed by atoms with van der Waals surface area (Å²) in [5.74, 6) is -0.532. The van der Waals surface area contributed by atoms with Crippen molar-refractivity contribution in [2.75, 3.05) is 0 Å². The molecule has 0 bridgehead atoms. The molecule has 0 atom stereocenters. The number of rotatable bonds is 1. The molecule has 0 aromatic heterocycles. The van der Waals surface area contributed by atoms with Crippen LogP contribution in [-0.2, 0) is 9.53 Å². The largest absolute Gasteiger partial charge is 0.405 e. The van der Waals surface area contributed by atoms with Crippen LogP contribution in [-0.4, -0.2) is 11.9 Å². The van der Waals surface area contributed by atoms with Crippen molar-refractivity contribution in [2.24, 2.45) is 0 Å². The summed E-state index contributed by atoms with van der Waals surface area (Å²) in [6.07, 6.45) is 4.35. The van der Waals surface area contributed by atoms with Crippen LogP contribution in [0.4, 0.5) is 0 Å². The van der Waals surface area contributed by atoms with E-state index in [9.17, 15) is 4.79 Å². The van der Waals surface area contributed by atoms with Gasteiger partial charge in [0.25, 0.3) is 0 Å². The molecule has 3 nitrogen and oxygen atoms in total. The molecule has 76 valence electrons. The minimum atomic E-state index is -0.454. The summed E-state index contributed by atoms with van der Waals surface area (Å²) in [6, 6.07) is 10.0. The van der Waals surface area contributed by atoms with Gasteiger partial charge < -0.3 is 4.74 Å². The number of carbonyl (C=O) groups excluding carboxylic acids is 1. The molecule has 1 heterocycles. The zero-order chi connectivity index (χ0) is 11.1. The fraction of sp³-hybridized carbons (Fsp3) is 0. The van der Waals surface area contributed by atoms with Crippen LogP contribution in [0.2, 0.25) is 0 Å². The third kappa shape index (κ3) is 4.04. The van der Waals surface area contributed by atoms with Crippen LogP contribution in [0, 0.1) is 5.41 Å². The van der Waals surface area contributed by atoms with Gasteiger partial charge in [-0.2, -0.15) is 0 Å². The number of benzene rings is 1. The molecule has 0 spiro atoms. The highest BCUT2D eigenvalue weighted by Crippen LogP contribution is 1.97. The quantitative estimate of drug-likeness (QED) is 0.709. The molecule has 0 aliphatic carbocycles. The Morgan fingerprint density at radius 3 is 2.13 bits per heavy atom. The molecule has 1 aliphatic rings. The topological polar surface area (TPSA) is 50.2 Å². The van der Waals surface area contributed by atoms with Gasteiger partial charge in [0.15, 0.2) is 0 Å². The molecule has 0 unspecified atom stereocenters. The average molecular weight is 201 g/mol. The summed E-state index contributed by atoms with van der Waals surface area (Å²) in [5.41, 5.74) is 1.17. The van der Waals surface area contributed by atoms with E-state index >= 15 is 0 Å². The number of hydrogen-bond donors (Lipinski definition) is 1. The first-order valence-corrected chi connectivity index (χ1v) is 4.38. The lowest BCUT2D eigenvalue weighted by Gasteiger charge is -1.85. The van der Waals surface area contributed by atoms with Crippen molar-refractivity contribution < 1.29 is 9.53 Å². The molecule has 3 heteroatoms. The van der Waals surface area contributed by atoms with Gasteiger partial charge in [-0.3, -0.25) is 5.41 Å². The van der Waals surface area contributed by atoms with Crippen LogP contribution < -0.4 is 0 Å². The summed E-state index contributed by atoms with van der Waals surface area (Å²) in [6.45, 7) is 3.63. The monoisotopic (exact) mass is 201 g/mol. The van der Waals surface area contributed by atoms with Crippen LogP contribution in [0.25, 0.3) is 6.08 Å². The van der Waals surface area contributed by atoms with Crippen LogP contribution in [0.3, 0.4) is 0 Å². The second-order valence-electron chi connectivity index (χ2n) is 2.73. The van der Waals surface area contributed by atoms with Crippen molar-refractivity contribution in [2.45, 2.75) is 0 Å². The Morgan fingerprint density at radius 1 is 1.20 bits per heavy atom. The number of cyclic esters (lactones) is 1. The Morgan fingerprint density at radius 2 is 1.87 bits per heavy atom. The van der Waals surface area contributed by atoms with Gasteiger partial charge in [0.2, 0.25) is 5.90 Å². The van der Waals surface area contributed by atoms with Gasteiger partial charge >= 0.3 is 5.97 Å². The predicted molar refractivity (Wildman–Crippen MR) is 59.5 cm³/mol. The predicted octanol–water partition coefficient (Wildman–Crippen LogP) is 2.41. The van der Waals surface area contributed by atoms with Crippen molar-refractivity contribution in [1.82, 2.24) is 0 Å². The van der Waals surface area contributed by atoms with Crippen molar-refractivity contribution in [3.63, 3.8) is 0 Å². The van der Waals surface area contributed by atoms with Gasteiger partial charge in [-0.05, 0) is 5.56 Å². The van der Waals surface area contributed by atoms with Gasteiger partial charge in [-0.25, -0.2) is 4.79 Å². The van der Waals surface area contributed by atoms with Crippen LogP contribution in [0.5, 0.6) is 0 Å². The van der Waals surface area contributed by atoms with Crippen LogP contribution >= 0.6 is 0 Å². The lowest BCUT2D eigenvalue weighted by atomic mass is 10.2. The first kappa shape index (κ1) is 10.9. The van der Waals surface area contributed by atoms with E-state index in [-0.39, 0.29) is 5.90 Å². The van der Waals surface area contributed by atoms with Crippen LogP contribution in [0.15, 0.2) is 49.1 Å². The van der Waals surface area contributed by atoms with Crippen molar-refractivity contribution in [3.8, 4) is 0 Å². The highest BCUT2D eigenvalue weighted by atomic mass is 16.5. The van der Waals surface area contributed by atoms with E-state index in [1.165, 1.54) is 17.7 Å². The zero-order valence-corrected chi connectivity index (χ0v) is 8.14. The molecule has 2 rings (SSSR count). The molecule has 0 radical (unpaired) electrons. The third-order valence-corrected chi connectivity index (χ3v) is 1.62. The molecule has 15 heavy (non-hydrogen) atoms. The Balaban J connectivity index is 0.000000151. The van der Waals surface area contributed by atoms with Gasteiger partial charge in [0.1, 0.15) is 0 Å². The maximum absolute atomic E-state index is 10.0. The molecule has 0 amide bonds. The third-order valence-electron chi connectivity index (χ3n) is 1.62. The van der Waals surface area contributed by atoms with E-state index in [2.05, 4.69) is 11.3 Å². The maximum atomic E-state index is 10.0. The van der Waals surface area contributed by atoms with Gasteiger partial charge in [0, 0.05) is 12.2 Å². The van der Waals surface area contributed by atoms with E-state index in [0.717, 1.165) is 0 Å². The standard InChI is InChI=1S/C8H8.C4H3NO2/c1-2-8-6-4-3-5-7-8;5-3-1-2-4(6)7-3/h2-7H,1H2;1-2,5H. The molecule has 1 aromatic rings. The minimum Gasteiger partial charge on any atom is -0.405 e. The Hall–Kier alpha value is -2.16. The summed E-state index contributed by atoms with van der Waals surface area (Å²) < 4.78 is 4.19. The highest BCUT2D eigenvalue weighted by Gasteiger charge is 2.06. The average Bonchev–Trinajstić information content (AvgIpc) is 2.65. The summed E-state index contributed by atoms with van der Waals surface area (Å²) in [7, 11) is 0. The molecule has 1 aromatic carbocycles. The summed E-state index contributed by atoms with van der Waals surface area (Å²) >= 11 is 0. The Bertz CT molecular complexity index is 377. The molecular formula is C12H11NO2. The number of ether oxygens (including phenoxy) is 1. The summed E-state index contributed by atoms with van der Waals surface area (Å²) in [5, 5.41) is 6.65. The molecule has 0 saturated carbocycles. The van der Waals surface area contributed by atoms with Gasteiger partial charge in [-0.1, -0.05) is 43.0 Å². The van der Waals surface area contributed by atoms with E-state index < -0.39 is 5.97 Å². The van der Waals surface area contributed by atoms with Crippen molar-refractivity contribution in [1.29, 1.82) is 5.41 Å². The number of esters is 1. The molecule has 1 N–H and O–H groups in total. The first-order valence-electron chi connectivity index (χ1n) is 4.38. The fourth-order valence-corrected chi connectivity index (χ4v) is 0.909. The first-order chi connectivity index (χ1) is 7.22. The molecule has 0 fully saturated rings. The van der Waals surface area contributed by atoms with E-state index in [4.69, 9.17) is 5.41 Å². The minimum absolute atomic E-state index is 0.0787. The summed E-state index contributed by atoms with van der Waals surface area (Å²) in [4.78, 5) is 10.0. The lowest BCUT2D eigenvalue weighted by Crippen LogP contribution is -1.95. The Kier molecular flexibility index (Phi) is 4.04. The normalized spacial score (nSPS) is 12.8. The van der Waals surface area contributed by atoms with Crippen molar-refractivity contribution in [3.05, 3.63) is 54.6 Å². The lowest BCUT2D eigenvalue weighted by molar-refractivity contribution is -0.129. The smallest absolute Gasteiger partial charge is 0.337 e. The van der Waals surface area contributed by atoms with E-state index in [1.807, 2.05) is 36.4 Å². The molecular weight excluding hydrogens is 190 g/mol. The number of carbonyl (C=O) groups is 1. The number of nitrogens with one attached hydrogen (secondary N) is 1. The second kappa shape index (κ2) is 5.54. The molecule has 0 saturated heterocycles. The van der Waals surface area contributed by atoms with Gasteiger partial charge in [0.05, 0.1) is 0 Å². The Labute approximate surface area is 88.2 Å². The molecule has 1 aliphatic heterocycles. The highest BCUT2D eigenvalue weighted by molar-refractivity contribution is 6.06. The SMILES string of the molecule is C=Cc1ccccc1.N=C1C=CC(=O)O1. The number of hydrogen-bond acceptors (Lipinski definition) is 3. The van der Waals surface area contributed by atoms with Gasteiger partial charge in [-0.15, -0.1) is 0 Å². The van der Waals surface area contributed by atoms with E-state index in [0.29, 0.717) is 0 Å². The maximum Gasteiger partial charge on any atom is 0.337 e.